The molecule has 0 radical (unpaired) electrons. The van der Waals surface area contributed by atoms with Gasteiger partial charge in [0.1, 0.15) is 0 Å². The van der Waals surface area contributed by atoms with Crippen LogP contribution >= 0.6 is 0 Å². The minimum Gasteiger partial charge on any atom is -0.409 e. The Hall–Kier alpha value is -1.75. The number of nitrogens with two attached hydrogens (primary N) is 1. The summed E-state index contributed by atoms with van der Waals surface area (Å²) in [6.45, 7) is 5.20. The van der Waals surface area contributed by atoms with Crippen molar-refractivity contribution < 1.29 is 10.3 Å². The van der Waals surface area contributed by atoms with E-state index in [2.05, 4.69) is 23.9 Å². The molecule has 1 rings (SSSR count). The van der Waals surface area contributed by atoms with Crippen LogP contribution in [0.5, 0.6) is 0 Å². The fraction of sp³-hybridized carbons (Fsp3) is 0.462. The topological polar surface area (TPSA) is 82.1 Å². The van der Waals surface area contributed by atoms with Crippen molar-refractivity contribution in [1.29, 1.82) is 0 Å². The lowest BCUT2D eigenvalue weighted by Gasteiger charge is -2.29. The monoisotopic (exact) mass is 251 g/mol. The Morgan fingerprint density at radius 2 is 1.94 bits per heavy atom. The smallest absolute Gasteiger partial charge is 0.170 e. The highest BCUT2D eigenvalue weighted by atomic mass is 16.4. The van der Waals surface area contributed by atoms with E-state index in [9.17, 15) is 0 Å². The number of benzene rings is 1. The molecule has 0 saturated heterocycles. The van der Waals surface area contributed by atoms with E-state index in [1.165, 1.54) is 0 Å². The molecule has 0 spiro atoms. The number of aliphatic hydroxyl groups excluding tert-OH is 1. The van der Waals surface area contributed by atoms with Gasteiger partial charge in [0, 0.05) is 30.4 Å². The Morgan fingerprint density at radius 3 is 2.39 bits per heavy atom. The molecule has 0 heterocycles. The third-order valence-electron chi connectivity index (χ3n) is 2.78. The van der Waals surface area contributed by atoms with E-state index >= 15 is 0 Å². The Morgan fingerprint density at radius 1 is 1.33 bits per heavy atom. The molecule has 1 aromatic rings. The van der Waals surface area contributed by atoms with E-state index in [-0.39, 0.29) is 12.4 Å². The zero-order valence-corrected chi connectivity index (χ0v) is 10.9. The summed E-state index contributed by atoms with van der Waals surface area (Å²) in [6.07, 6.45) is 0.736. The quantitative estimate of drug-likeness (QED) is 0.309. The summed E-state index contributed by atoms with van der Waals surface area (Å²) in [5.74, 6) is 0.105. The summed E-state index contributed by atoms with van der Waals surface area (Å²) < 4.78 is 0. The number of amidine groups is 1. The van der Waals surface area contributed by atoms with Crippen molar-refractivity contribution in [3.8, 4) is 0 Å². The molecule has 0 bridgehead atoms. The van der Waals surface area contributed by atoms with Gasteiger partial charge in [0.15, 0.2) is 5.84 Å². The molecule has 0 fully saturated rings. The SMILES string of the molecule is CC(C)N(CCCO)c1ccc(C(N)=NO)cc1. The van der Waals surface area contributed by atoms with Gasteiger partial charge >= 0.3 is 0 Å². The second-order valence-corrected chi connectivity index (χ2v) is 4.40. The number of nitrogens with zero attached hydrogens (tertiary/aromatic N) is 2. The first-order chi connectivity index (χ1) is 8.60. The number of hydrogen-bond donors (Lipinski definition) is 3. The molecular weight excluding hydrogens is 230 g/mol. The fourth-order valence-corrected chi connectivity index (χ4v) is 1.81. The first-order valence-corrected chi connectivity index (χ1v) is 6.05. The molecule has 5 nitrogen and oxygen atoms in total. The molecule has 0 aliphatic heterocycles. The van der Waals surface area contributed by atoms with Crippen molar-refractivity contribution in [2.45, 2.75) is 26.3 Å². The van der Waals surface area contributed by atoms with Crippen molar-refractivity contribution >= 4 is 11.5 Å². The van der Waals surface area contributed by atoms with Crippen LogP contribution < -0.4 is 10.6 Å². The van der Waals surface area contributed by atoms with Crippen molar-refractivity contribution in [2.24, 2.45) is 10.9 Å². The predicted molar refractivity (Wildman–Crippen MR) is 73.1 cm³/mol. The molecule has 0 aliphatic carbocycles. The first kappa shape index (κ1) is 14.3. The first-order valence-electron chi connectivity index (χ1n) is 6.05. The highest BCUT2D eigenvalue weighted by Crippen LogP contribution is 2.18. The lowest BCUT2D eigenvalue weighted by atomic mass is 10.1. The van der Waals surface area contributed by atoms with Gasteiger partial charge < -0.3 is 20.9 Å². The van der Waals surface area contributed by atoms with Gasteiger partial charge in [-0.3, -0.25) is 0 Å². The summed E-state index contributed by atoms with van der Waals surface area (Å²) in [7, 11) is 0. The van der Waals surface area contributed by atoms with E-state index in [0.717, 1.165) is 18.7 Å². The molecule has 5 heteroatoms. The van der Waals surface area contributed by atoms with E-state index in [0.29, 0.717) is 11.6 Å². The molecule has 4 N–H and O–H groups in total. The minimum absolute atomic E-state index is 0.105. The number of hydrogen-bond acceptors (Lipinski definition) is 4. The minimum atomic E-state index is 0.105. The van der Waals surface area contributed by atoms with Crippen molar-refractivity contribution in [3.05, 3.63) is 29.8 Å². The Labute approximate surface area is 108 Å². The lowest BCUT2D eigenvalue weighted by Crippen LogP contribution is -2.32. The van der Waals surface area contributed by atoms with Gasteiger partial charge in [0.05, 0.1) is 0 Å². The maximum Gasteiger partial charge on any atom is 0.170 e. The third-order valence-corrected chi connectivity index (χ3v) is 2.78. The van der Waals surface area contributed by atoms with Gasteiger partial charge in [0.2, 0.25) is 0 Å². The largest absolute Gasteiger partial charge is 0.409 e. The van der Waals surface area contributed by atoms with Crippen LogP contribution in [0.15, 0.2) is 29.4 Å². The highest BCUT2D eigenvalue weighted by molar-refractivity contribution is 5.97. The standard InChI is InChI=1S/C13H21N3O2/c1-10(2)16(8-3-9-17)12-6-4-11(5-7-12)13(14)15-18/h4-7,10,17-18H,3,8-9H2,1-2H3,(H2,14,15). The van der Waals surface area contributed by atoms with E-state index in [1.807, 2.05) is 24.3 Å². The van der Waals surface area contributed by atoms with Gasteiger partial charge in [-0.1, -0.05) is 5.16 Å². The number of anilines is 1. The van der Waals surface area contributed by atoms with Crippen LogP contribution in [0.1, 0.15) is 25.8 Å². The van der Waals surface area contributed by atoms with Crippen LogP contribution in [-0.2, 0) is 0 Å². The van der Waals surface area contributed by atoms with Gasteiger partial charge in [-0.15, -0.1) is 0 Å². The summed E-state index contributed by atoms with van der Waals surface area (Å²) in [5, 5.41) is 20.5. The van der Waals surface area contributed by atoms with Gasteiger partial charge in [0.25, 0.3) is 0 Å². The molecule has 0 saturated carbocycles. The molecule has 100 valence electrons. The van der Waals surface area contributed by atoms with Crippen LogP contribution in [0.2, 0.25) is 0 Å². The molecule has 0 amide bonds. The fourth-order valence-electron chi connectivity index (χ4n) is 1.81. The van der Waals surface area contributed by atoms with E-state index < -0.39 is 0 Å². The van der Waals surface area contributed by atoms with Crippen LogP contribution in [0, 0.1) is 0 Å². The average Bonchev–Trinajstić information content (AvgIpc) is 2.38. The van der Waals surface area contributed by atoms with Gasteiger partial charge in [-0.05, 0) is 44.5 Å². The highest BCUT2D eigenvalue weighted by Gasteiger charge is 2.10. The van der Waals surface area contributed by atoms with Gasteiger partial charge in [-0.25, -0.2) is 0 Å². The van der Waals surface area contributed by atoms with E-state index in [1.54, 1.807) is 0 Å². The zero-order chi connectivity index (χ0) is 13.5. The summed E-state index contributed by atoms with van der Waals surface area (Å²) in [5.41, 5.74) is 7.26. The average molecular weight is 251 g/mol. The lowest BCUT2D eigenvalue weighted by molar-refractivity contribution is 0.288. The molecule has 0 unspecified atom stereocenters. The summed E-state index contributed by atoms with van der Waals surface area (Å²) in [6, 6.07) is 7.86. The molecule has 0 aliphatic rings. The zero-order valence-electron chi connectivity index (χ0n) is 10.9. The molecule has 0 atom stereocenters. The number of oxime groups is 1. The second-order valence-electron chi connectivity index (χ2n) is 4.40. The van der Waals surface area contributed by atoms with Crippen molar-refractivity contribution in [1.82, 2.24) is 0 Å². The normalized spacial score (nSPS) is 11.9. The number of aliphatic hydroxyl groups is 1. The molecule has 18 heavy (non-hydrogen) atoms. The Balaban J connectivity index is 2.86. The van der Waals surface area contributed by atoms with Gasteiger partial charge in [-0.2, -0.15) is 0 Å². The summed E-state index contributed by atoms with van der Waals surface area (Å²) >= 11 is 0. The third kappa shape index (κ3) is 3.63. The predicted octanol–water partition coefficient (Wildman–Crippen LogP) is 1.38. The Kier molecular flexibility index (Phi) is 5.45. The van der Waals surface area contributed by atoms with Crippen LogP contribution in [0.4, 0.5) is 5.69 Å². The van der Waals surface area contributed by atoms with Crippen LogP contribution in [-0.4, -0.2) is 35.3 Å². The number of rotatable bonds is 6. The second kappa shape index (κ2) is 6.86. The molecular formula is C13H21N3O2. The maximum atomic E-state index is 8.91. The van der Waals surface area contributed by atoms with Crippen LogP contribution in [0.3, 0.4) is 0 Å². The Bertz CT molecular complexity index is 388. The van der Waals surface area contributed by atoms with Crippen molar-refractivity contribution in [3.63, 3.8) is 0 Å². The van der Waals surface area contributed by atoms with Crippen molar-refractivity contribution in [2.75, 3.05) is 18.1 Å². The molecule has 1 aromatic carbocycles. The summed E-state index contributed by atoms with van der Waals surface area (Å²) in [4.78, 5) is 2.20. The maximum absolute atomic E-state index is 8.91. The van der Waals surface area contributed by atoms with E-state index in [4.69, 9.17) is 16.0 Å². The van der Waals surface area contributed by atoms with Crippen LogP contribution in [0.25, 0.3) is 0 Å². The molecule has 0 aromatic heterocycles.